The van der Waals surface area contributed by atoms with Gasteiger partial charge in [-0.05, 0) is 38.1 Å². The summed E-state index contributed by atoms with van der Waals surface area (Å²) >= 11 is 5.84. The van der Waals surface area contributed by atoms with Gasteiger partial charge in [0.05, 0.1) is 5.02 Å². The Morgan fingerprint density at radius 3 is 2.71 bits per heavy atom. The predicted octanol–water partition coefficient (Wildman–Crippen LogP) is 2.49. The maximum Gasteiger partial charge on any atom is 0.260 e. The molecule has 1 aliphatic heterocycles. The lowest BCUT2D eigenvalue weighted by Gasteiger charge is -2.31. The highest BCUT2D eigenvalue weighted by molar-refractivity contribution is 6.32. The third-order valence-electron chi connectivity index (χ3n) is 3.50. The molecule has 1 amide bonds. The molecule has 1 fully saturated rings. The highest BCUT2D eigenvalue weighted by Gasteiger charge is 2.22. The Labute approximate surface area is 135 Å². The number of amides is 1. The highest BCUT2D eigenvalue weighted by atomic mass is 35.5. The van der Waals surface area contributed by atoms with E-state index in [-0.39, 0.29) is 29.9 Å². The topological polar surface area (TPSA) is 41.6 Å². The van der Waals surface area contributed by atoms with Gasteiger partial charge in [0.1, 0.15) is 11.6 Å². The summed E-state index contributed by atoms with van der Waals surface area (Å²) in [5, 5.41) is 3.38. The summed E-state index contributed by atoms with van der Waals surface area (Å²) in [5.74, 6) is -0.172. The molecule has 1 aromatic rings. The SMILES string of the molecule is CNC1CCN(C(=O)COc2ccc(F)cc2Cl)CC1.Cl. The summed E-state index contributed by atoms with van der Waals surface area (Å²) in [4.78, 5) is 13.8. The number of carbonyl (C=O) groups is 1. The van der Waals surface area contributed by atoms with E-state index >= 15 is 0 Å². The van der Waals surface area contributed by atoms with Gasteiger partial charge in [0, 0.05) is 19.1 Å². The van der Waals surface area contributed by atoms with Crippen LogP contribution < -0.4 is 10.1 Å². The van der Waals surface area contributed by atoms with Gasteiger partial charge >= 0.3 is 0 Å². The summed E-state index contributed by atoms with van der Waals surface area (Å²) in [6.07, 6.45) is 1.89. The van der Waals surface area contributed by atoms with E-state index < -0.39 is 5.82 Å². The van der Waals surface area contributed by atoms with Crippen molar-refractivity contribution in [3.8, 4) is 5.75 Å². The van der Waals surface area contributed by atoms with Gasteiger partial charge in [0.25, 0.3) is 5.91 Å². The Morgan fingerprint density at radius 2 is 2.14 bits per heavy atom. The number of benzene rings is 1. The van der Waals surface area contributed by atoms with Crippen molar-refractivity contribution in [2.45, 2.75) is 18.9 Å². The van der Waals surface area contributed by atoms with Crippen molar-refractivity contribution >= 4 is 29.9 Å². The molecule has 0 aliphatic carbocycles. The average Bonchev–Trinajstić information content (AvgIpc) is 2.46. The molecule has 1 heterocycles. The van der Waals surface area contributed by atoms with Crippen molar-refractivity contribution in [3.63, 3.8) is 0 Å². The maximum atomic E-state index is 12.9. The molecular weight excluding hydrogens is 318 g/mol. The van der Waals surface area contributed by atoms with Gasteiger partial charge in [-0.15, -0.1) is 12.4 Å². The standard InChI is InChI=1S/C14H18ClFN2O2.ClH/c1-17-11-4-6-18(7-5-11)14(19)9-20-13-3-2-10(16)8-12(13)15;/h2-3,8,11,17H,4-7,9H2,1H3;1H. The van der Waals surface area contributed by atoms with Crippen LogP contribution >= 0.6 is 24.0 Å². The van der Waals surface area contributed by atoms with Gasteiger partial charge in [-0.25, -0.2) is 4.39 Å². The number of nitrogens with one attached hydrogen (secondary N) is 1. The molecule has 1 saturated heterocycles. The molecule has 0 bridgehead atoms. The molecule has 2 rings (SSSR count). The van der Waals surface area contributed by atoms with E-state index in [0.29, 0.717) is 11.8 Å². The molecule has 4 nitrogen and oxygen atoms in total. The van der Waals surface area contributed by atoms with Crippen LogP contribution in [0.1, 0.15) is 12.8 Å². The summed E-state index contributed by atoms with van der Waals surface area (Å²) in [6, 6.07) is 4.33. The molecule has 1 aliphatic rings. The monoisotopic (exact) mass is 336 g/mol. The van der Waals surface area contributed by atoms with Crippen molar-refractivity contribution in [3.05, 3.63) is 29.0 Å². The Morgan fingerprint density at radius 1 is 1.48 bits per heavy atom. The minimum absolute atomic E-state index is 0. The second-order valence-electron chi connectivity index (χ2n) is 4.81. The van der Waals surface area contributed by atoms with Crippen LogP contribution in [0.4, 0.5) is 4.39 Å². The molecule has 0 aromatic heterocycles. The van der Waals surface area contributed by atoms with E-state index in [1.807, 2.05) is 7.05 Å². The van der Waals surface area contributed by atoms with E-state index in [1.54, 1.807) is 4.90 Å². The van der Waals surface area contributed by atoms with Gasteiger partial charge in [-0.3, -0.25) is 4.79 Å². The zero-order valence-electron chi connectivity index (χ0n) is 11.8. The maximum absolute atomic E-state index is 12.9. The Balaban J connectivity index is 0.00000220. The van der Waals surface area contributed by atoms with Crippen LogP contribution in [0.25, 0.3) is 0 Å². The summed E-state index contributed by atoms with van der Waals surface area (Å²) in [7, 11) is 1.93. The number of nitrogens with zero attached hydrogens (tertiary/aromatic N) is 1. The van der Waals surface area contributed by atoms with E-state index in [0.717, 1.165) is 25.9 Å². The number of ether oxygens (including phenoxy) is 1. The van der Waals surface area contributed by atoms with Crippen LogP contribution in [0.5, 0.6) is 5.75 Å². The summed E-state index contributed by atoms with van der Waals surface area (Å²) < 4.78 is 18.2. The van der Waals surface area contributed by atoms with Gasteiger partial charge < -0.3 is 15.0 Å². The van der Waals surface area contributed by atoms with Crippen LogP contribution in [0.3, 0.4) is 0 Å². The fourth-order valence-electron chi connectivity index (χ4n) is 2.24. The van der Waals surface area contributed by atoms with Crippen LogP contribution in [0, 0.1) is 5.82 Å². The fraction of sp³-hybridized carbons (Fsp3) is 0.500. The molecule has 0 atom stereocenters. The van der Waals surface area contributed by atoms with Crippen LogP contribution in [-0.4, -0.2) is 43.6 Å². The number of likely N-dealkylation sites (tertiary alicyclic amines) is 1. The first kappa shape index (κ1) is 18.0. The Bertz CT molecular complexity index is 480. The van der Waals surface area contributed by atoms with Crippen LogP contribution in [-0.2, 0) is 4.79 Å². The van der Waals surface area contributed by atoms with Gasteiger partial charge in [0.15, 0.2) is 6.61 Å². The largest absolute Gasteiger partial charge is 0.482 e. The van der Waals surface area contributed by atoms with Gasteiger partial charge in [-0.2, -0.15) is 0 Å². The molecule has 0 unspecified atom stereocenters. The molecule has 0 saturated carbocycles. The molecule has 0 spiro atoms. The molecular formula is C14H19Cl2FN2O2. The third-order valence-corrected chi connectivity index (χ3v) is 3.80. The normalized spacial score (nSPS) is 15.5. The van der Waals surface area contributed by atoms with E-state index in [9.17, 15) is 9.18 Å². The average molecular weight is 337 g/mol. The first-order chi connectivity index (χ1) is 9.60. The fourth-order valence-corrected chi connectivity index (χ4v) is 2.46. The number of rotatable bonds is 4. The van der Waals surface area contributed by atoms with E-state index in [1.165, 1.54) is 18.2 Å². The lowest BCUT2D eigenvalue weighted by Crippen LogP contribution is -2.45. The third kappa shape index (κ3) is 5.02. The second kappa shape index (κ2) is 8.41. The number of piperidine rings is 1. The lowest BCUT2D eigenvalue weighted by atomic mass is 10.1. The molecule has 7 heteroatoms. The van der Waals surface area contributed by atoms with Gasteiger partial charge in [-0.1, -0.05) is 11.6 Å². The first-order valence-corrected chi connectivity index (χ1v) is 7.01. The number of carbonyl (C=O) groups excluding carboxylic acids is 1. The molecule has 1 N–H and O–H groups in total. The molecule has 118 valence electrons. The van der Waals surface area contributed by atoms with Crippen molar-refractivity contribution in [2.24, 2.45) is 0 Å². The minimum Gasteiger partial charge on any atom is -0.482 e. The molecule has 1 aromatic carbocycles. The molecule has 0 radical (unpaired) electrons. The zero-order valence-corrected chi connectivity index (χ0v) is 13.3. The number of halogens is 3. The van der Waals surface area contributed by atoms with Crippen molar-refractivity contribution < 1.29 is 13.9 Å². The minimum atomic E-state index is -0.428. The van der Waals surface area contributed by atoms with Crippen LogP contribution in [0.2, 0.25) is 5.02 Å². The van der Waals surface area contributed by atoms with E-state index in [2.05, 4.69) is 5.32 Å². The quantitative estimate of drug-likeness (QED) is 0.918. The first-order valence-electron chi connectivity index (χ1n) is 6.63. The van der Waals surface area contributed by atoms with E-state index in [4.69, 9.17) is 16.3 Å². The van der Waals surface area contributed by atoms with Crippen LogP contribution in [0.15, 0.2) is 18.2 Å². The number of hydrogen-bond acceptors (Lipinski definition) is 3. The number of hydrogen-bond donors (Lipinski definition) is 1. The summed E-state index contributed by atoms with van der Waals surface area (Å²) in [6.45, 7) is 1.38. The smallest absolute Gasteiger partial charge is 0.260 e. The van der Waals surface area contributed by atoms with Crippen molar-refractivity contribution in [1.82, 2.24) is 10.2 Å². The molecule has 21 heavy (non-hydrogen) atoms. The van der Waals surface area contributed by atoms with Crippen molar-refractivity contribution in [2.75, 3.05) is 26.7 Å². The Kier molecular flexibility index (Phi) is 7.22. The van der Waals surface area contributed by atoms with Crippen molar-refractivity contribution in [1.29, 1.82) is 0 Å². The van der Waals surface area contributed by atoms with Gasteiger partial charge in [0.2, 0.25) is 0 Å². The zero-order chi connectivity index (χ0) is 14.5. The highest BCUT2D eigenvalue weighted by Crippen LogP contribution is 2.24. The predicted molar refractivity (Wildman–Crippen MR) is 82.8 cm³/mol. The second-order valence-corrected chi connectivity index (χ2v) is 5.21. The Hall–Kier alpha value is -1.04. The summed E-state index contributed by atoms with van der Waals surface area (Å²) in [5.41, 5.74) is 0. The lowest BCUT2D eigenvalue weighted by molar-refractivity contribution is -0.134.